The molecule has 0 radical (unpaired) electrons. The molecular formula is C22H18N2O2. The minimum atomic E-state index is 0.660. The van der Waals surface area contributed by atoms with Gasteiger partial charge in [-0.15, -0.1) is 0 Å². The Hall–Kier alpha value is -3.53. The van der Waals surface area contributed by atoms with Gasteiger partial charge >= 0.3 is 0 Å². The zero-order valence-corrected chi connectivity index (χ0v) is 14.4. The number of methoxy groups -OCH3 is 1. The Morgan fingerprint density at radius 1 is 0.769 bits per heavy atom. The van der Waals surface area contributed by atoms with Crippen LogP contribution in [0.25, 0.3) is 11.3 Å². The molecule has 128 valence electrons. The molecule has 0 saturated heterocycles. The standard InChI is InChI=1S/C22H18N2O2/c1-25-20-14-12-17(13-15-20)21-16-22(26-23-21)24(18-8-4-2-5-9-18)19-10-6-3-7-11-19/h2-16H,1H3. The molecule has 0 saturated carbocycles. The van der Waals surface area contributed by atoms with Crippen LogP contribution in [-0.4, -0.2) is 12.3 Å². The quantitative estimate of drug-likeness (QED) is 0.458. The second-order valence-corrected chi connectivity index (χ2v) is 5.79. The van der Waals surface area contributed by atoms with E-state index in [1.54, 1.807) is 7.11 Å². The molecule has 4 rings (SSSR count). The number of ether oxygens (including phenoxy) is 1. The monoisotopic (exact) mass is 342 g/mol. The van der Waals surface area contributed by atoms with Crippen LogP contribution in [0.15, 0.2) is 95.5 Å². The predicted octanol–water partition coefficient (Wildman–Crippen LogP) is 5.82. The van der Waals surface area contributed by atoms with Crippen molar-refractivity contribution in [3.8, 4) is 17.0 Å². The molecule has 0 fully saturated rings. The van der Waals surface area contributed by atoms with Gasteiger partial charge in [-0.25, -0.2) is 0 Å². The number of rotatable bonds is 5. The summed E-state index contributed by atoms with van der Waals surface area (Å²) in [6.45, 7) is 0. The lowest BCUT2D eigenvalue weighted by Gasteiger charge is -2.21. The first-order chi connectivity index (χ1) is 12.8. The van der Waals surface area contributed by atoms with Crippen molar-refractivity contribution >= 4 is 17.3 Å². The lowest BCUT2D eigenvalue weighted by Crippen LogP contribution is -2.08. The third kappa shape index (κ3) is 3.17. The average Bonchev–Trinajstić information content (AvgIpc) is 3.19. The summed E-state index contributed by atoms with van der Waals surface area (Å²) in [6, 6.07) is 29.9. The van der Waals surface area contributed by atoms with E-state index in [1.807, 2.05) is 95.9 Å². The largest absolute Gasteiger partial charge is 0.497 e. The molecular weight excluding hydrogens is 324 g/mol. The lowest BCUT2D eigenvalue weighted by molar-refractivity contribution is 0.414. The highest BCUT2D eigenvalue weighted by Crippen LogP contribution is 2.36. The smallest absolute Gasteiger partial charge is 0.236 e. The number of hydrogen-bond donors (Lipinski definition) is 0. The second kappa shape index (κ2) is 7.15. The predicted molar refractivity (Wildman–Crippen MR) is 103 cm³/mol. The first kappa shape index (κ1) is 16.0. The summed E-state index contributed by atoms with van der Waals surface area (Å²) in [7, 11) is 1.65. The summed E-state index contributed by atoms with van der Waals surface area (Å²) in [6.07, 6.45) is 0. The molecule has 0 N–H and O–H groups in total. The summed E-state index contributed by atoms with van der Waals surface area (Å²) in [5.74, 6) is 1.47. The van der Waals surface area contributed by atoms with Gasteiger partial charge in [0.25, 0.3) is 0 Å². The van der Waals surface area contributed by atoms with Crippen LogP contribution in [0.3, 0.4) is 0 Å². The van der Waals surface area contributed by atoms with Crippen LogP contribution in [0, 0.1) is 0 Å². The van der Waals surface area contributed by atoms with Crippen molar-refractivity contribution in [2.45, 2.75) is 0 Å². The maximum absolute atomic E-state index is 5.69. The highest BCUT2D eigenvalue weighted by Gasteiger charge is 2.17. The fraction of sp³-hybridized carbons (Fsp3) is 0.0455. The van der Waals surface area contributed by atoms with E-state index < -0.39 is 0 Å². The minimum Gasteiger partial charge on any atom is -0.497 e. The van der Waals surface area contributed by atoms with Crippen molar-refractivity contribution < 1.29 is 9.26 Å². The van der Waals surface area contributed by atoms with Gasteiger partial charge in [0.1, 0.15) is 11.4 Å². The van der Waals surface area contributed by atoms with Gasteiger partial charge in [-0.1, -0.05) is 41.6 Å². The maximum atomic E-state index is 5.69. The molecule has 4 aromatic rings. The first-order valence-electron chi connectivity index (χ1n) is 8.36. The average molecular weight is 342 g/mol. The van der Waals surface area contributed by atoms with E-state index in [2.05, 4.69) is 5.16 Å². The van der Waals surface area contributed by atoms with Crippen LogP contribution in [-0.2, 0) is 0 Å². The van der Waals surface area contributed by atoms with Gasteiger partial charge < -0.3 is 9.26 Å². The summed E-state index contributed by atoms with van der Waals surface area (Å²) in [5, 5.41) is 4.26. The first-order valence-corrected chi connectivity index (χ1v) is 8.36. The summed E-state index contributed by atoms with van der Waals surface area (Å²) < 4.78 is 10.9. The zero-order chi connectivity index (χ0) is 17.8. The molecule has 0 aliphatic carbocycles. The molecule has 4 heteroatoms. The van der Waals surface area contributed by atoms with Crippen molar-refractivity contribution in [3.63, 3.8) is 0 Å². The van der Waals surface area contributed by atoms with Crippen molar-refractivity contribution in [1.29, 1.82) is 0 Å². The number of hydrogen-bond acceptors (Lipinski definition) is 4. The van der Waals surface area contributed by atoms with Crippen LogP contribution in [0.4, 0.5) is 17.3 Å². The van der Waals surface area contributed by atoms with Crippen LogP contribution >= 0.6 is 0 Å². The second-order valence-electron chi connectivity index (χ2n) is 5.79. The molecule has 0 unspecified atom stereocenters. The van der Waals surface area contributed by atoms with E-state index in [9.17, 15) is 0 Å². The van der Waals surface area contributed by atoms with Gasteiger partial charge in [0.2, 0.25) is 5.88 Å². The molecule has 4 nitrogen and oxygen atoms in total. The Kier molecular flexibility index (Phi) is 4.39. The maximum Gasteiger partial charge on any atom is 0.236 e. The molecule has 0 bridgehead atoms. The minimum absolute atomic E-state index is 0.660. The van der Waals surface area contributed by atoms with Crippen molar-refractivity contribution in [3.05, 3.63) is 91.0 Å². The highest BCUT2D eigenvalue weighted by molar-refractivity contribution is 5.75. The number of anilines is 3. The van der Waals surface area contributed by atoms with E-state index in [-0.39, 0.29) is 0 Å². The zero-order valence-electron chi connectivity index (χ0n) is 14.4. The third-order valence-corrected chi connectivity index (χ3v) is 4.13. The Bertz CT molecular complexity index is 924. The lowest BCUT2D eigenvalue weighted by atomic mass is 10.1. The van der Waals surface area contributed by atoms with Crippen molar-refractivity contribution in [1.82, 2.24) is 5.16 Å². The van der Waals surface area contributed by atoms with Gasteiger partial charge in [-0.05, 0) is 48.5 Å². The number of benzene rings is 3. The Labute approximate surface area is 152 Å². The molecule has 0 aliphatic rings. The molecule has 0 spiro atoms. The van der Waals surface area contributed by atoms with Gasteiger partial charge in [0, 0.05) is 23.0 Å². The third-order valence-electron chi connectivity index (χ3n) is 4.13. The van der Waals surface area contributed by atoms with E-state index in [0.29, 0.717) is 5.88 Å². The normalized spacial score (nSPS) is 10.5. The van der Waals surface area contributed by atoms with Gasteiger partial charge in [0.05, 0.1) is 7.11 Å². The Morgan fingerprint density at radius 2 is 1.35 bits per heavy atom. The van der Waals surface area contributed by atoms with Crippen molar-refractivity contribution in [2.24, 2.45) is 0 Å². The summed E-state index contributed by atoms with van der Waals surface area (Å²) >= 11 is 0. The van der Waals surface area contributed by atoms with Gasteiger partial charge in [-0.2, -0.15) is 0 Å². The van der Waals surface area contributed by atoms with Crippen LogP contribution in [0.5, 0.6) is 5.75 Å². The van der Waals surface area contributed by atoms with Crippen molar-refractivity contribution in [2.75, 3.05) is 12.0 Å². The molecule has 26 heavy (non-hydrogen) atoms. The Morgan fingerprint density at radius 3 is 1.88 bits per heavy atom. The van der Waals surface area contributed by atoms with Crippen LogP contribution in [0.2, 0.25) is 0 Å². The van der Waals surface area contributed by atoms with Crippen LogP contribution < -0.4 is 9.64 Å². The highest BCUT2D eigenvalue weighted by atomic mass is 16.5. The van der Waals surface area contributed by atoms with Gasteiger partial charge in [0.15, 0.2) is 0 Å². The summed E-state index contributed by atoms with van der Waals surface area (Å²) in [5.41, 5.74) is 3.77. The molecule has 0 aliphatic heterocycles. The molecule has 3 aromatic carbocycles. The van der Waals surface area contributed by atoms with E-state index >= 15 is 0 Å². The fourth-order valence-electron chi connectivity index (χ4n) is 2.83. The molecule has 1 heterocycles. The SMILES string of the molecule is COc1ccc(-c2cc(N(c3ccccc3)c3ccccc3)on2)cc1. The van der Waals surface area contributed by atoms with Gasteiger partial charge in [-0.3, -0.25) is 4.90 Å². The van der Waals surface area contributed by atoms with E-state index in [4.69, 9.17) is 9.26 Å². The topological polar surface area (TPSA) is 38.5 Å². The number of nitrogens with zero attached hydrogens (tertiary/aromatic N) is 2. The number of para-hydroxylation sites is 2. The fourth-order valence-corrected chi connectivity index (χ4v) is 2.83. The van der Waals surface area contributed by atoms with E-state index in [0.717, 1.165) is 28.4 Å². The molecule has 0 atom stereocenters. The Balaban J connectivity index is 1.74. The van der Waals surface area contributed by atoms with Crippen LogP contribution in [0.1, 0.15) is 0 Å². The van der Waals surface area contributed by atoms with E-state index in [1.165, 1.54) is 0 Å². The summed E-state index contributed by atoms with van der Waals surface area (Å²) in [4.78, 5) is 2.04. The molecule has 0 amide bonds. The number of aromatic nitrogens is 1. The molecule has 1 aromatic heterocycles.